The van der Waals surface area contributed by atoms with Gasteiger partial charge in [0.15, 0.2) is 5.43 Å². The molecule has 3 aromatic carbocycles. The molecule has 1 N–H and O–H groups in total. The average molecular weight is 609 g/mol. The van der Waals surface area contributed by atoms with Gasteiger partial charge in [0.2, 0.25) is 0 Å². The molecule has 0 aliphatic carbocycles. The first kappa shape index (κ1) is 28.8. The van der Waals surface area contributed by atoms with Crippen molar-refractivity contribution in [1.82, 2.24) is 24.5 Å². The van der Waals surface area contributed by atoms with Gasteiger partial charge in [-0.2, -0.15) is 0 Å². The average Bonchev–Trinajstić information content (AvgIpc) is 3.09. The lowest BCUT2D eigenvalue weighted by molar-refractivity contribution is 0.414. The first-order valence-corrected chi connectivity index (χ1v) is 14.8. The molecule has 0 unspecified atom stereocenters. The number of nitrogens with zero attached hydrogens (tertiary/aromatic N) is 5. The summed E-state index contributed by atoms with van der Waals surface area (Å²) in [5.41, 5.74) is 5.84. The molecule has 4 heterocycles. The van der Waals surface area contributed by atoms with Crippen LogP contribution in [0.1, 0.15) is 24.2 Å². The van der Waals surface area contributed by atoms with Gasteiger partial charge >= 0.3 is 0 Å². The quantitative estimate of drug-likeness (QED) is 0.192. The predicted molar refractivity (Wildman–Crippen MR) is 178 cm³/mol. The van der Waals surface area contributed by atoms with E-state index < -0.39 is 6.04 Å². The largest absolute Gasteiger partial charge is 0.497 e. The van der Waals surface area contributed by atoms with Crippen LogP contribution in [0.25, 0.3) is 44.3 Å². The standard InChI is InChI=1S/C37H29FN6O2/c1-23(42-36-34-31(45)17-19-44(37(34)41-22-40-36)21-24-11-14-27(46-2)15-12-24)35-32(25-8-4-3-5-9-25)33(30-10-6-7-18-39-30)28-20-26(38)13-16-29(28)43-35/h3-20,22-23H,21H2,1-2H3,(H,40,41,42)/t23-/m0/s1. The summed E-state index contributed by atoms with van der Waals surface area (Å²) in [4.78, 5) is 32.1. The number of ether oxygens (including phenoxy) is 1. The molecule has 0 spiro atoms. The number of benzene rings is 3. The lowest BCUT2D eigenvalue weighted by atomic mass is 9.90. The molecule has 8 nitrogen and oxygen atoms in total. The van der Waals surface area contributed by atoms with Crippen molar-refractivity contribution < 1.29 is 9.13 Å². The molecule has 46 heavy (non-hydrogen) atoms. The van der Waals surface area contributed by atoms with Gasteiger partial charge in [0.05, 0.1) is 30.1 Å². The molecular weight excluding hydrogens is 579 g/mol. The van der Waals surface area contributed by atoms with Crippen LogP contribution < -0.4 is 15.5 Å². The van der Waals surface area contributed by atoms with Gasteiger partial charge in [-0.15, -0.1) is 0 Å². The van der Waals surface area contributed by atoms with Crippen molar-refractivity contribution in [3.8, 4) is 28.1 Å². The molecule has 1 atom stereocenters. The minimum atomic E-state index is -0.431. The Morgan fingerprint density at radius 3 is 2.46 bits per heavy atom. The number of anilines is 1. The van der Waals surface area contributed by atoms with Crippen molar-refractivity contribution in [3.05, 3.63) is 143 Å². The Balaban J connectivity index is 1.38. The van der Waals surface area contributed by atoms with Gasteiger partial charge in [-0.3, -0.25) is 9.78 Å². The van der Waals surface area contributed by atoms with Crippen LogP contribution in [0.3, 0.4) is 0 Å². The summed E-state index contributed by atoms with van der Waals surface area (Å²) in [5.74, 6) is 0.804. The number of methoxy groups -OCH3 is 1. The zero-order chi connectivity index (χ0) is 31.6. The van der Waals surface area contributed by atoms with Crippen LogP contribution in [0.5, 0.6) is 5.75 Å². The third-order valence-corrected chi connectivity index (χ3v) is 7.99. The summed E-state index contributed by atoms with van der Waals surface area (Å²) in [7, 11) is 1.63. The molecule has 4 aromatic heterocycles. The smallest absolute Gasteiger partial charge is 0.194 e. The molecule has 0 saturated heterocycles. The Morgan fingerprint density at radius 1 is 0.891 bits per heavy atom. The SMILES string of the molecule is COc1ccc(Cn2ccc(=O)c3c(N[C@@H](C)c4nc5ccc(F)cc5c(-c5ccccn5)c4-c4ccccc4)ncnc32)cc1. The molecule has 0 aliphatic heterocycles. The zero-order valence-electron chi connectivity index (χ0n) is 25.2. The van der Waals surface area contributed by atoms with E-state index in [1.165, 1.54) is 24.5 Å². The first-order chi connectivity index (χ1) is 22.5. The fraction of sp³-hybridized carbons (Fsp3) is 0.108. The maximum absolute atomic E-state index is 14.7. The van der Waals surface area contributed by atoms with E-state index in [-0.39, 0.29) is 11.2 Å². The monoisotopic (exact) mass is 608 g/mol. The fourth-order valence-electron chi connectivity index (χ4n) is 5.81. The van der Waals surface area contributed by atoms with E-state index in [0.717, 1.165) is 28.0 Å². The van der Waals surface area contributed by atoms with Crippen LogP contribution in [-0.2, 0) is 6.54 Å². The van der Waals surface area contributed by atoms with Crippen molar-refractivity contribution >= 4 is 27.8 Å². The van der Waals surface area contributed by atoms with Crippen LogP contribution >= 0.6 is 0 Å². The number of hydrogen-bond donors (Lipinski definition) is 1. The summed E-state index contributed by atoms with van der Waals surface area (Å²) in [6.45, 7) is 2.47. The molecule has 226 valence electrons. The van der Waals surface area contributed by atoms with E-state index in [1.807, 2.05) is 84.3 Å². The van der Waals surface area contributed by atoms with E-state index in [4.69, 9.17) is 9.72 Å². The van der Waals surface area contributed by atoms with Crippen molar-refractivity contribution in [2.75, 3.05) is 12.4 Å². The van der Waals surface area contributed by atoms with Gasteiger partial charge in [0.25, 0.3) is 0 Å². The third kappa shape index (κ3) is 5.43. The molecule has 0 saturated carbocycles. The fourth-order valence-corrected chi connectivity index (χ4v) is 5.81. The van der Waals surface area contributed by atoms with Gasteiger partial charge in [0, 0.05) is 41.5 Å². The Labute approximate surface area is 264 Å². The third-order valence-electron chi connectivity index (χ3n) is 7.99. The van der Waals surface area contributed by atoms with Crippen LogP contribution in [0.2, 0.25) is 0 Å². The predicted octanol–water partition coefficient (Wildman–Crippen LogP) is 7.44. The molecule has 0 fully saturated rings. The Kier molecular flexibility index (Phi) is 7.64. The topological polar surface area (TPSA) is 94.8 Å². The van der Waals surface area contributed by atoms with Crippen molar-refractivity contribution in [3.63, 3.8) is 0 Å². The van der Waals surface area contributed by atoms with Gasteiger partial charge in [-0.05, 0) is 60.5 Å². The maximum atomic E-state index is 14.7. The second kappa shape index (κ2) is 12.2. The van der Waals surface area contributed by atoms with Gasteiger partial charge < -0.3 is 14.6 Å². The zero-order valence-corrected chi connectivity index (χ0v) is 25.2. The number of pyridine rings is 3. The van der Waals surface area contributed by atoms with Crippen LogP contribution in [0.15, 0.2) is 121 Å². The summed E-state index contributed by atoms with van der Waals surface area (Å²) < 4.78 is 21.9. The van der Waals surface area contributed by atoms with E-state index >= 15 is 0 Å². The first-order valence-electron chi connectivity index (χ1n) is 14.8. The summed E-state index contributed by atoms with van der Waals surface area (Å²) in [5, 5.41) is 4.50. The molecule has 7 aromatic rings. The van der Waals surface area contributed by atoms with E-state index in [9.17, 15) is 9.18 Å². The lowest BCUT2D eigenvalue weighted by Crippen LogP contribution is -2.17. The van der Waals surface area contributed by atoms with E-state index in [1.54, 1.807) is 25.6 Å². The normalized spacial score (nSPS) is 11.9. The number of hydrogen-bond acceptors (Lipinski definition) is 7. The van der Waals surface area contributed by atoms with E-state index in [2.05, 4.69) is 20.3 Å². The second-order valence-electron chi connectivity index (χ2n) is 10.9. The Bertz CT molecular complexity index is 2240. The lowest BCUT2D eigenvalue weighted by Gasteiger charge is -2.23. The summed E-state index contributed by atoms with van der Waals surface area (Å²) >= 11 is 0. The number of nitrogens with one attached hydrogen (secondary N) is 1. The Hall–Kier alpha value is -5.96. The van der Waals surface area contributed by atoms with Gasteiger partial charge in [0.1, 0.15) is 34.7 Å². The van der Waals surface area contributed by atoms with Gasteiger partial charge in [-0.25, -0.2) is 19.3 Å². The molecule has 0 bridgehead atoms. The molecular formula is C37H29FN6O2. The highest BCUT2D eigenvalue weighted by Crippen LogP contribution is 2.41. The molecule has 9 heteroatoms. The molecule has 7 rings (SSSR count). The number of aromatic nitrogens is 5. The number of halogens is 1. The molecule has 0 amide bonds. The Morgan fingerprint density at radius 2 is 1.70 bits per heavy atom. The maximum Gasteiger partial charge on any atom is 0.194 e. The highest BCUT2D eigenvalue weighted by Gasteiger charge is 2.24. The van der Waals surface area contributed by atoms with Crippen LogP contribution in [0.4, 0.5) is 10.2 Å². The van der Waals surface area contributed by atoms with Crippen LogP contribution in [0, 0.1) is 5.82 Å². The number of rotatable bonds is 8. The van der Waals surface area contributed by atoms with Crippen molar-refractivity contribution in [2.24, 2.45) is 0 Å². The minimum Gasteiger partial charge on any atom is -0.497 e. The second-order valence-corrected chi connectivity index (χ2v) is 10.9. The molecule has 0 radical (unpaired) electrons. The van der Waals surface area contributed by atoms with E-state index in [0.29, 0.717) is 45.7 Å². The van der Waals surface area contributed by atoms with Crippen molar-refractivity contribution in [1.29, 1.82) is 0 Å². The van der Waals surface area contributed by atoms with Gasteiger partial charge in [-0.1, -0.05) is 48.5 Å². The number of fused-ring (bicyclic) bond motifs is 2. The van der Waals surface area contributed by atoms with Crippen molar-refractivity contribution in [2.45, 2.75) is 19.5 Å². The highest BCUT2D eigenvalue weighted by molar-refractivity contribution is 6.02. The molecule has 0 aliphatic rings. The highest BCUT2D eigenvalue weighted by atomic mass is 19.1. The summed E-state index contributed by atoms with van der Waals surface area (Å²) in [6.07, 6.45) is 4.92. The minimum absolute atomic E-state index is 0.198. The van der Waals surface area contributed by atoms with Crippen LogP contribution in [-0.4, -0.2) is 31.6 Å². The summed E-state index contributed by atoms with van der Waals surface area (Å²) in [6, 6.07) is 29.0.